The summed E-state index contributed by atoms with van der Waals surface area (Å²) in [6, 6.07) is 0.336. The van der Waals surface area contributed by atoms with E-state index in [0.717, 1.165) is 49.6 Å². The number of carbonyl (C=O) groups is 1. The van der Waals surface area contributed by atoms with E-state index in [9.17, 15) is 4.79 Å². The fourth-order valence-electron chi connectivity index (χ4n) is 3.60. The molecule has 2 atom stereocenters. The summed E-state index contributed by atoms with van der Waals surface area (Å²) in [6.07, 6.45) is 1.67. The van der Waals surface area contributed by atoms with Gasteiger partial charge in [-0.05, 0) is 27.3 Å². The fourth-order valence-corrected chi connectivity index (χ4v) is 3.60. The number of fused-ring (bicyclic) bond motifs is 1. The van der Waals surface area contributed by atoms with Gasteiger partial charge in [-0.15, -0.1) is 0 Å². The summed E-state index contributed by atoms with van der Waals surface area (Å²) >= 11 is 0. The Bertz CT molecular complexity index is 569. The highest BCUT2D eigenvalue weighted by atomic mass is 16.5. The summed E-state index contributed by atoms with van der Waals surface area (Å²) in [5.74, 6) is 0.205. The standard InChI is InChI=1S/C16H26N4O2/c1-11-13(12(2)19(4)17-11)9-16(21)20-6-5-15-14(10-20)18(3)7-8-22-15/h14-15H,5-10H2,1-4H3/t14-,15-/m1/s1. The number of rotatable bonds is 2. The molecule has 0 spiro atoms. The number of hydrogen-bond acceptors (Lipinski definition) is 4. The zero-order valence-electron chi connectivity index (χ0n) is 14.0. The summed E-state index contributed by atoms with van der Waals surface area (Å²) in [5, 5.41) is 4.40. The van der Waals surface area contributed by atoms with Gasteiger partial charge >= 0.3 is 0 Å². The molecule has 2 fully saturated rings. The Balaban J connectivity index is 1.68. The molecule has 0 bridgehead atoms. The predicted octanol–water partition coefficient (Wildman–Crippen LogP) is 0.511. The molecule has 6 heteroatoms. The third-order valence-electron chi connectivity index (χ3n) is 5.20. The summed E-state index contributed by atoms with van der Waals surface area (Å²) in [6.45, 7) is 7.33. The minimum atomic E-state index is 0.205. The molecule has 0 radical (unpaired) electrons. The molecule has 1 aromatic rings. The van der Waals surface area contributed by atoms with Crippen LogP contribution >= 0.6 is 0 Å². The van der Waals surface area contributed by atoms with Crippen LogP contribution < -0.4 is 0 Å². The lowest BCUT2D eigenvalue weighted by Crippen LogP contribution is -2.59. The van der Waals surface area contributed by atoms with Gasteiger partial charge in [-0.2, -0.15) is 5.10 Å². The first-order valence-corrected chi connectivity index (χ1v) is 8.06. The molecule has 6 nitrogen and oxygen atoms in total. The van der Waals surface area contributed by atoms with Gasteiger partial charge in [0.15, 0.2) is 0 Å². The van der Waals surface area contributed by atoms with Crippen molar-refractivity contribution in [2.45, 2.75) is 38.8 Å². The van der Waals surface area contributed by atoms with Crippen LogP contribution in [0.15, 0.2) is 0 Å². The van der Waals surface area contributed by atoms with Gasteiger partial charge in [0.2, 0.25) is 5.91 Å². The number of carbonyl (C=O) groups excluding carboxylic acids is 1. The van der Waals surface area contributed by atoms with Crippen LogP contribution in [-0.2, 0) is 23.0 Å². The normalized spacial score (nSPS) is 26.1. The topological polar surface area (TPSA) is 50.6 Å². The maximum Gasteiger partial charge on any atom is 0.227 e. The average molecular weight is 306 g/mol. The lowest BCUT2D eigenvalue weighted by atomic mass is 9.98. The molecule has 0 unspecified atom stereocenters. The van der Waals surface area contributed by atoms with Crippen molar-refractivity contribution in [3.8, 4) is 0 Å². The third-order valence-corrected chi connectivity index (χ3v) is 5.20. The van der Waals surface area contributed by atoms with Crippen molar-refractivity contribution in [2.24, 2.45) is 7.05 Å². The number of piperidine rings is 1. The van der Waals surface area contributed by atoms with Crippen molar-refractivity contribution in [3.63, 3.8) is 0 Å². The molecule has 3 heterocycles. The number of amides is 1. The Morgan fingerprint density at radius 1 is 1.32 bits per heavy atom. The highest BCUT2D eigenvalue weighted by Gasteiger charge is 2.36. The number of likely N-dealkylation sites (N-methyl/N-ethyl adjacent to an activating group) is 1. The zero-order valence-corrected chi connectivity index (χ0v) is 14.0. The summed E-state index contributed by atoms with van der Waals surface area (Å²) in [7, 11) is 4.06. The Kier molecular flexibility index (Phi) is 4.23. The molecule has 1 aromatic heterocycles. The lowest BCUT2D eigenvalue weighted by Gasteiger charge is -2.45. The number of aryl methyl sites for hydroxylation is 2. The fraction of sp³-hybridized carbons (Fsp3) is 0.750. The molecule has 1 amide bonds. The molecule has 0 aliphatic carbocycles. The van der Waals surface area contributed by atoms with Crippen molar-refractivity contribution in [1.29, 1.82) is 0 Å². The molecule has 2 saturated heterocycles. The van der Waals surface area contributed by atoms with Gasteiger partial charge in [0.25, 0.3) is 0 Å². The van der Waals surface area contributed by atoms with Crippen LogP contribution in [0.5, 0.6) is 0 Å². The molecule has 0 aromatic carbocycles. The van der Waals surface area contributed by atoms with E-state index >= 15 is 0 Å². The number of hydrogen-bond donors (Lipinski definition) is 0. The second-order valence-electron chi connectivity index (χ2n) is 6.54. The largest absolute Gasteiger partial charge is 0.375 e. The van der Waals surface area contributed by atoms with Gasteiger partial charge in [0, 0.05) is 37.9 Å². The van der Waals surface area contributed by atoms with Crippen LogP contribution in [0, 0.1) is 13.8 Å². The van der Waals surface area contributed by atoms with E-state index < -0.39 is 0 Å². The van der Waals surface area contributed by atoms with Crippen molar-refractivity contribution in [2.75, 3.05) is 33.3 Å². The highest BCUT2D eigenvalue weighted by molar-refractivity contribution is 5.79. The molecule has 3 rings (SSSR count). The molecule has 0 saturated carbocycles. The van der Waals surface area contributed by atoms with Gasteiger partial charge in [0.1, 0.15) is 0 Å². The quantitative estimate of drug-likeness (QED) is 0.799. The number of likely N-dealkylation sites (tertiary alicyclic amines) is 1. The van der Waals surface area contributed by atoms with Crippen molar-refractivity contribution in [3.05, 3.63) is 17.0 Å². The number of nitrogens with zero attached hydrogens (tertiary/aromatic N) is 4. The van der Waals surface area contributed by atoms with Gasteiger partial charge in [-0.1, -0.05) is 0 Å². The molecular weight excluding hydrogens is 280 g/mol. The number of ether oxygens (including phenoxy) is 1. The maximum atomic E-state index is 12.7. The first-order chi connectivity index (χ1) is 10.5. The smallest absolute Gasteiger partial charge is 0.227 e. The van der Waals surface area contributed by atoms with Crippen LogP contribution in [0.4, 0.5) is 0 Å². The van der Waals surface area contributed by atoms with E-state index in [2.05, 4.69) is 17.0 Å². The Morgan fingerprint density at radius 2 is 2.09 bits per heavy atom. The summed E-state index contributed by atoms with van der Waals surface area (Å²) in [5.41, 5.74) is 3.11. The lowest BCUT2D eigenvalue weighted by molar-refractivity contribution is -0.140. The van der Waals surface area contributed by atoms with Gasteiger partial charge in [0.05, 0.1) is 30.9 Å². The zero-order chi connectivity index (χ0) is 15.9. The highest BCUT2D eigenvalue weighted by Crippen LogP contribution is 2.23. The second kappa shape index (κ2) is 6.01. The first kappa shape index (κ1) is 15.5. The second-order valence-corrected chi connectivity index (χ2v) is 6.54. The molecule has 22 heavy (non-hydrogen) atoms. The summed E-state index contributed by atoms with van der Waals surface area (Å²) < 4.78 is 7.70. The van der Waals surface area contributed by atoms with Crippen molar-refractivity contribution < 1.29 is 9.53 Å². The molecule has 122 valence electrons. The van der Waals surface area contributed by atoms with Crippen LogP contribution in [0.25, 0.3) is 0 Å². The Morgan fingerprint density at radius 3 is 2.77 bits per heavy atom. The van der Waals surface area contributed by atoms with Gasteiger partial charge in [-0.3, -0.25) is 14.4 Å². The van der Waals surface area contributed by atoms with E-state index in [4.69, 9.17) is 4.74 Å². The van der Waals surface area contributed by atoms with Crippen LogP contribution in [0.3, 0.4) is 0 Å². The van der Waals surface area contributed by atoms with E-state index in [1.165, 1.54) is 0 Å². The summed E-state index contributed by atoms with van der Waals surface area (Å²) in [4.78, 5) is 17.0. The number of morpholine rings is 1. The maximum absolute atomic E-state index is 12.7. The van der Waals surface area contributed by atoms with Gasteiger partial charge < -0.3 is 9.64 Å². The Labute approximate surface area is 132 Å². The van der Waals surface area contributed by atoms with Crippen molar-refractivity contribution >= 4 is 5.91 Å². The predicted molar refractivity (Wildman–Crippen MR) is 83.7 cm³/mol. The van der Waals surface area contributed by atoms with E-state index in [-0.39, 0.29) is 12.0 Å². The molecule has 2 aliphatic heterocycles. The number of aromatic nitrogens is 2. The van der Waals surface area contributed by atoms with E-state index in [1.54, 1.807) is 0 Å². The van der Waals surface area contributed by atoms with Crippen LogP contribution in [-0.4, -0.2) is 70.9 Å². The molecule has 2 aliphatic rings. The minimum absolute atomic E-state index is 0.205. The van der Waals surface area contributed by atoms with E-state index in [1.807, 2.05) is 30.5 Å². The van der Waals surface area contributed by atoms with E-state index in [0.29, 0.717) is 12.5 Å². The van der Waals surface area contributed by atoms with Crippen LogP contribution in [0.2, 0.25) is 0 Å². The van der Waals surface area contributed by atoms with Gasteiger partial charge in [-0.25, -0.2) is 0 Å². The third kappa shape index (κ3) is 2.77. The first-order valence-electron chi connectivity index (χ1n) is 8.06. The average Bonchev–Trinajstić information content (AvgIpc) is 2.74. The van der Waals surface area contributed by atoms with Crippen molar-refractivity contribution in [1.82, 2.24) is 19.6 Å². The monoisotopic (exact) mass is 306 g/mol. The minimum Gasteiger partial charge on any atom is -0.375 e. The molecular formula is C16H26N4O2. The SMILES string of the molecule is Cc1nn(C)c(C)c1CC(=O)N1CC[C@H]2OCCN(C)[C@@H]2C1. The Hall–Kier alpha value is -1.40. The van der Waals surface area contributed by atoms with Crippen LogP contribution in [0.1, 0.15) is 23.4 Å². The molecule has 0 N–H and O–H groups in total.